The van der Waals surface area contributed by atoms with E-state index in [1.54, 1.807) is 4.90 Å². The molecule has 17 heavy (non-hydrogen) atoms. The summed E-state index contributed by atoms with van der Waals surface area (Å²) in [5, 5.41) is 2.94. The van der Waals surface area contributed by atoms with E-state index < -0.39 is 0 Å². The van der Waals surface area contributed by atoms with Gasteiger partial charge in [-0.3, -0.25) is 0 Å². The van der Waals surface area contributed by atoms with Crippen molar-refractivity contribution >= 4 is 6.03 Å². The second-order valence-corrected chi connectivity index (χ2v) is 5.28. The number of carbonyl (C=O) groups is 1. The van der Waals surface area contributed by atoms with Crippen LogP contribution in [0.1, 0.15) is 39.5 Å². The molecule has 0 aromatic carbocycles. The lowest BCUT2D eigenvalue weighted by Crippen LogP contribution is -2.41. The molecule has 0 aromatic heterocycles. The van der Waals surface area contributed by atoms with Crippen molar-refractivity contribution in [1.82, 2.24) is 10.2 Å². The van der Waals surface area contributed by atoms with Crippen molar-refractivity contribution in [2.24, 2.45) is 5.92 Å². The third kappa shape index (κ3) is 5.91. The van der Waals surface area contributed by atoms with Crippen LogP contribution in [-0.2, 0) is 4.74 Å². The second kappa shape index (κ2) is 7.54. The SMILES string of the molecule is CC(C)CCCNC(=O)N(C)CC1CCCO1. The summed E-state index contributed by atoms with van der Waals surface area (Å²) in [5.74, 6) is 0.705. The number of hydrogen-bond donors (Lipinski definition) is 1. The number of likely N-dealkylation sites (N-methyl/N-ethyl adjacent to an activating group) is 1. The summed E-state index contributed by atoms with van der Waals surface area (Å²) < 4.78 is 5.51. The maximum atomic E-state index is 11.7. The first kappa shape index (κ1) is 14.3. The van der Waals surface area contributed by atoms with E-state index in [0.717, 1.165) is 38.8 Å². The molecule has 1 rings (SSSR count). The fourth-order valence-electron chi connectivity index (χ4n) is 2.02. The molecular formula is C13H26N2O2. The molecular weight excluding hydrogens is 216 g/mol. The summed E-state index contributed by atoms with van der Waals surface area (Å²) in [5.41, 5.74) is 0. The van der Waals surface area contributed by atoms with Crippen LogP contribution in [0.5, 0.6) is 0 Å². The van der Waals surface area contributed by atoms with Crippen LogP contribution in [0, 0.1) is 5.92 Å². The quantitative estimate of drug-likeness (QED) is 0.726. The van der Waals surface area contributed by atoms with Crippen LogP contribution in [0.3, 0.4) is 0 Å². The van der Waals surface area contributed by atoms with E-state index in [-0.39, 0.29) is 12.1 Å². The van der Waals surface area contributed by atoms with Gasteiger partial charge in [0.05, 0.1) is 6.10 Å². The molecule has 0 aliphatic carbocycles. The number of hydrogen-bond acceptors (Lipinski definition) is 2. The zero-order chi connectivity index (χ0) is 12.7. The minimum atomic E-state index is 0.0178. The number of nitrogens with one attached hydrogen (secondary N) is 1. The standard InChI is InChI=1S/C13H26N2O2/c1-11(2)6-4-8-14-13(16)15(3)10-12-7-5-9-17-12/h11-12H,4-10H2,1-3H3,(H,14,16). The molecule has 0 spiro atoms. The third-order valence-electron chi connectivity index (χ3n) is 3.08. The van der Waals surface area contributed by atoms with Crippen molar-refractivity contribution in [3.05, 3.63) is 0 Å². The predicted molar refractivity (Wildman–Crippen MR) is 69.1 cm³/mol. The molecule has 1 fully saturated rings. The van der Waals surface area contributed by atoms with Crippen LogP contribution >= 0.6 is 0 Å². The predicted octanol–water partition coefficient (Wildman–Crippen LogP) is 2.24. The van der Waals surface area contributed by atoms with Gasteiger partial charge in [-0.2, -0.15) is 0 Å². The molecule has 100 valence electrons. The van der Waals surface area contributed by atoms with Crippen LogP contribution in [0.4, 0.5) is 4.79 Å². The summed E-state index contributed by atoms with van der Waals surface area (Å²) >= 11 is 0. The number of carbonyl (C=O) groups excluding carboxylic acids is 1. The highest BCUT2D eigenvalue weighted by Crippen LogP contribution is 2.12. The van der Waals surface area contributed by atoms with Crippen LogP contribution in [0.2, 0.25) is 0 Å². The zero-order valence-electron chi connectivity index (χ0n) is 11.4. The summed E-state index contributed by atoms with van der Waals surface area (Å²) in [7, 11) is 1.83. The highest BCUT2D eigenvalue weighted by Gasteiger charge is 2.19. The lowest BCUT2D eigenvalue weighted by molar-refractivity contribution is 0.0875. The number of rotatable bonds is 6. The fraction of sp³-hybridized carbons (Fsp3) is 0.923. The van der Waals surface area contributed by atoms with Gasteiger partial charge < -0.3 is 15.0 Å². The van der Waals surface area contributed by atoms with Crippen molar-refractivity contribution in [3.8, 4) is 0 Å². The minimum absolute atomic E-state index is 0.0178. The van der Waals surface area contributed by atoms with E-state index in [1.165, 1.54) is 0 Å². The van der Waals surface area contributed by atoms with Gasteiger partial charge in [0.25, 0.3) is 0 Å². The zero-order valence-corrected chi connectivity index (χ0v) is 11.4. The normalized spacial score (nSPS) is 19.6. The van der Waals surface area contributed by atoms with Gasteiger partial charge >= 0.3 is 6.03 Å². The molecule has 0 radical (unpaired) electrons. The Bertz CT molecular complexity index is 225. The van der Waals surface area contributed by atoms with E-state index in [9.17, 15) is 4.79 Å². The highest BCUT2D eigenvalue weighted by atomic mass is 16.5. The molecule has 4 heteroatoms. The first-order valence-electron chi connectivity index (χ1n) is 6.70. The molecule has 2 amide bonds. The topological polar surface area (TPSA) is 41.6 Å². The van der Waals surface area contributed by atoms with Crippen LogP contribution in [-0.4, -0.2) is 43.8 Å². The Labute approximate surface area is 105 Å². The number of urea groups is 1. The van der Waals surface area contributed by atoms with Gasteiger partial charge in [0, 0.05) is 26.7 Å². The summed E-state index contributed by atoms with van der Waals surface area (Å²) in [6, 6.07) is 0.0178. The molecule has 1 heterocycles. The Balaban J connectivity index is 2.09. The number of nitrogens with zero attached hydrogens (tertiary/aromatic N) is 1. The Morgan fingerprint density at radius 2 is 2.29 bits per heavy atom. The van der Waals surface area contributed by atoms with Crippen molar-refractivity contribution < 1.29 is 9.53 Å². The lowest BCUT2D eigenvalue weighted by atomic mass is 10.1. The molecule has 1 saturated heterocycles. The van der Waals surface area contributed by atoms with Gasteiger partial charge in [0.1, 0.15) is 0 Å². The number of amides is 2. The molecule has 1 N–H and O–H groups in total. The van der Waals surface area contributed by atoms with Gasteiger partial charge in [0.15, 0.2) is 0 Å². The van der Waals surface area contributed by atoms with E-state index in [2.05, 4.69) is 19.2 Å². The first-order chi connectivity index (χ1) is 8.09. The number of ether oxygens (including phenoxy) is 1. The molecule has 1 aliphatic heterocycles. The van der Waals surface area contributed by atoms with E-state index in [0.29, 0.717) is 12.5 Å². The lowest BCUT2D eigenvalue weighted by Gasteiger charge is -2.21. The Kier molecular flexibility index (Phi) is 6.34. The van der Waals surface area contributed by atoms with E-state index in [1.807, 2.05) is 7.05 Å². The van der Waals surface area contributed by atoms with Gasteiger partial charge in [-0.15, -0.1) is 0 Å². The van der Waals surface area contributed by atoms with Crippen LogP contribution < -0.4 is 5.32 Å². The molecule has 1 unspecified atom stereocenters. The first-order valence-corrected chi connectivity index (χ1v) is 6.70. The molecule has 1 aliphatic rings. The smallest absolute Gasteiger partial charge is 0.317 e. The average Bonchev–Trinajstić information content (AvgIpc) is 2.76. The largest absolute Gasteiger partial charge is 0.376 e. The van der Waals surface area contributed by atoms with Gasteiger partial charge in [0.2, 0.25) is 0 Å². The van der Waals surface area contributed by atoms with Gasteiger partial charge in [-0.1, -0.05) is 13.8 Å². The average molecular weight is 242 g/mol. The summed E-state index contributed by atoms with van der Waals surface area (Å²) in [6.45, 7) is 6.72. The summed E-state index contributed by atoms with van der Waals surface area (Å²) in [4.78, 5) is 13.5. The molecule has 1 atom stereocenters. The van der Waals surface area contributed by atoms with Crippen LogP contribution in [0.15, 0.2) is 0 Å². The van der Waals surface area contributed by atoms with E-state index >= 15 is 0 Å². The molecule has 0 aromatic rings. The monoisotopic (exact) mass is 242 g/mol. The molecule has 0 bridgehead atoms. The van der Waals surface area contributed by atoms with Crippen molar-refractivity contribution in [2.75, 3.05) is 26.7 Å². The molecule has 0 saturated carbocycles. The van der Waals surface area contributed by atoms with Gasteiger partial charge in [-0.05, 0) is 31.6 Å². The third-order valence-corrected chi connectivity index (χ3v) is 3.08. The Morgan fingerprint density at radius 1 is 1.53 bits per heavy atom. The van der Waals surface area contributed by atoms with Crippen LogP contribution in [0.25, 0.3) is 0 Å². The minimum Gasteiger partial charge on any atom is -0.376 e. The maximum absolute atomic E-state index is 11.7. The van der Waals surface area contributed by atoms with Crippen molar-refractivity contribution in [1.29, 1.82) is 0 Å². The fourth-order valence-corrected chi connectivity index (χ4v) is 2.02. The van der Waals surface area contributed by atoms with Crippen molar-refractivity contribution in [2.45, 2.75) is 45.6 Å². The van der Waals surface area contributed by atoms with Crippen molar-refractivity contribution in [3.63, 3.8) is 0 Å². The highest BCUT2D eigenvalue weighted by molar-refractivity contribution is 5.73. The summed E-state index contributed by atoms with van der Waals surface area (Å²) in [6.07, 6.45) is 4.65. The van der Waals surface area contributed by atoms with E-state index in [4.69, 9.17) is 4.74 Å². The Morgan fingerprint density at radius 3 is 2.88 bits per heavy atom. The maximum Gasteiger partial charge on any atom is 0.317 e. The Hall–Kier alpha value is -0.770. The van der Waals surface area contributed by atoms with Gasteiger partial charge in [-0.25, -0.2) is 4.79 Å². The molecule has 4 nitrogen and oxygen atoms in total. The second-order valence-electron chi connectivity index (χ2n) is 5.28.